The predicted octanol–water partition coefficient (Wildman–Crippen LogP) is 3.22. The van der Waals surface area contributed by atoms with Crippen molar-refractivity contribution in [3.8, 4) is 0 Å². The number of nitrogens with zero attached hydrogens (tertiary/aromatic N) is 2. The largest absolute Gasteiger partial charge is 0.352 e. The zero-order chi connectivity index (χ0) is 18.6. The molecule has 1 aromatic carbocycles. The molecule has 0 aliphatic heterocycles. The van der Waals surface area contributed by atoms with Gasteiger partial charge in [0.1, 0.15) is 0 Å². The monoisotopic (exact) mass is 343 g/mol. The van der Waals surface area contributed by atoms with Crippen LogP contribution in [0.1, 0.15) is 41.2 Å². The fourth-order valence-corrected chi connectivity index (χ4v) is 2.66. The summed E-state index contributed by atoms with van der Waals surface area (Å²) < 4.78 is 1.84. The molecular formula is C18H25N5O2. The SMILES string of the molecule is CCNC(=O)c1ccc(NC(=O)Nc2c(C)nn(CC)c2C)c(C)c1. The number of nitrogens with one attached hydrogen (secondary N) is 3. The molecule has 25 heavy (non-hydrogen) atoms. The smallest absolute Gasteiger partial charge is 0.323 e. The maximum Gasteiger partial charge on any atom is 0.323 e. The minimum atomic E-state index is -0.337. The van der Waals surface area contributed by atoms with Crippen molar-refractivity contribution >= 4 is 23.3 Å². The summed E-state index contributed by atoms with van der Waals surface area (Å²) in [7, 11) is 0. The van der Waals surface area contributed by atoms with E-state index in [9.17, 15) is 9.59 Å². The van der Waals surface area contributed by atoms with E-state index in [1.165, 1.54) is 0 Å². The van der Waals surface area contributed by atoms with Crippen molar-refractivity contribution < 1.29 is 9.59 Å². The lowest BCUT2D eigenvalue weighted by atomic mass is 10.1. The molecule has 1 aromatic heterocycles. The number of benzene rings is 1. The van der Waals surface area contributed by atoms with Crippen molar-refractivity contribution in [2.45, 2.75) is 41.2 Å². The van der Waals surface area contributed by atoms with Crippen LogP contribution >= 0.6 is 0 Å². The van der Waals surface area contributed by atoms with Crippen molar-refractivity contribution in [2.24, 2.45) is 0 Å². The number of urea groups is 1. The van der Waals surface area contributed by atoms with Crippen LogP contribution in [0.4, 0.5) is 16.2 Å². The highest BCUT2D eigenvalue weighted by Gasteiger charge is 2.14. The Hall–Kier alpha value is -2.83. The number of anilines is 2. The normalized spacial score (nSPS) is 10.4. The molecule has 0 aliphatic rings. The molecule has 3 N–H and O–H groups in total. The van der Waals surface area contributed by atoms with Crippen molar-refractivity contribution in [3.63, 3.8) is 0 Å². The predicted molar refractivity (Wildman–Crippen MR) is 99.2 cm³/mol. The molecule has 2 aromatic rings. The highest BCUT2D eigenvalue weighted by atomic mass is 16.2. The Balaban J connectivity index is 2.11. The van der Waals surface area contributed by atoms with Crippen molar-refractivity contribution in [1.29, 1.82) is 0 Å². The second-order valence-corrected chi connectivity index (χ2v) is 5.83. The van der Waals surface area contributed by atoms with Crippen LogP contribution in [-0.4, -0.2) is 28.3 Å². The number of carbonyl (C=O) groups is 2. The van der Waals surface area contributed by atoms with Crippen LogP contribution in [0.5, 0.6) is 0 Å². The number of hydrogen-bond acceptors (Lipinski definition) is 3. The Morgan fingerprint density at radius 2 is 1.84 bits per heavy atom. The number of amides is 3. The van der Waals surface area contributed by atoms with E-state index in [4.69, 9.17) is 0 Å². The number of rotatable bonds is 5. The van der Waals surface area contributed by atoms with Crippen LogP contribution in [0, 0.1) is 20.8 Å². The minimum absolute atomic E-state index is 0.125. The summed E-state index contributed by atoms with van der Waals surface area (Å²) in [5.41, 5.74) is 4.45. The average Bonchev–Trinajstić information content (AvgIpc) is 2.84. The van der Waals surface area contributed by atoms with Gasteiger partial charge >= 0.3 is 6.03 Å². The first-order chi connectivity index (χ1) is 11.9. The quantitative estimate of drug-likeness (QED) is 0.779. The molecule has 0 spiro atoms. The molecule has 0 atom stereocenters. The van der Waals surface area contributed by atoms with Crippen LogP contribution in [0.3, 0.4) is 0 Å². The Morgan fingerprint density at radius 1 is 1.12 bits per heavy atom. The Morgan fingerprint density at radius 3 is 2.40 bits per heavy atom. The summed E-state index contributed by atoms with van der Waals surface area (Å²) in [5.74, 6) is -0.125. The number of hydrogen-bond donors (Lipinski definition) is 3. The first-order valence-corrected chi connectivity index (χ1v) is 8.38. The van der Waals surface area contributed by atoms with E-state index in [0.29, 0.717) is 17.8 Å². The zero-order valence-corrected chi connectivity index (χ0v) is 15.4. The molecule has 7 heteroatoms. The summed E-state index contributed by atoms with van der Waals surface area (Å²) >= 11 is 0. The van der Waals surface area contributed by atoms with E-state index in [-0.39, 0.29) is 11.9 Å². The second kappa shape index (κ2) is 7.83. The molecule has 7 nitrogen and oxygen atoms in total. The molecule has 0 bridgehead atoms. The standard InChI is InChI=1S/C18H25N5O2/c1-6-19-17(24)14-8-9-15(11(3)10-14)20-18(25)21-16-12(4)22-23(7-2)13(16)5/h8-10H,6-7H2,1-5H3,(H,19,24)(H2,20,21,25). The third-order valence-electron chi connectivity index (χ3n) is 3.99. The van der Waals surface area contributed by atoms with Gasteiger partial charge in [-0.25, -0.2) is 4.79 Å². The first kappa shape index (κ1) is 18.5. The molecular weight excluding hydrogens is 318 g/mol. The van der Waals surface area contributed by atoms with Gasteiger partial charge in [-0.05, 0) is 58.4 Å². The van der Waals surface area contributed by atoms with E-state index in [1.54, 1.807) is 18.2 Å². The first-order valence-electron chi connectivity index (χ1n) is 8.38. The lowest BCUT2D eigenvalue weighted by molar-refractivity contribution is 0.0955. The number of aryl methyl sites for hydroxylation is 3. The van der Waals surface area contributed by atoms with Gasteiger partial charge in [0, 0.05) is 24.3 Å². The molecule has 2 rings (SSSR count). The summed E-state index contributed by atoms with van der Waals surface area (Å²) in [6.07, 6.45) is 0. The van der Waals surface area contributed by atoms with E-state index >= 15 is 0 Å². The van der Waals surface area contributed by atoms with Crippen molar-refractivity contribution in [1.82, 2.24) is 15.1 Å². The maximum atomic E-state index is 12.3. The fraction of sp³-hybridized carbons (Fsp3) is 0.389. The van der Waals surface area contributed by atoms with E-state index in [1.807, 2.05) is 39.3 Å². The highest BCUT2D eigenvalue weighted by molar-refractivity contribution is 6.01. The Bertz CT molecular complexity index is 795. The number of aromatic nitrogens is 2. The van der Waals surface area contributed by atoms with Gasteiger partial charge in [-0.15, -0.1) is 0 Å². The van der Waals surface area contributed by atoms with Crippen molar-refractivity contribution in [2.75, 3.05) is 17.2 Å². The molecule has 0 saturated heterocycles. The third-order valence-corrected chi connectivity index (χ3v) is 3.99. The molecule has 0 unspecified atom stereocenters. The molecule has 1 heterocycles. The zero-order valence-electron chi connectivity index (χ0n) is 15.4. The molecule has 0 radical (unpaired) electrons. The van der Waals surface area contributed by atoms with Gasteiger partial charge in [-0.3, -0.25) is 9.48 Å². The van der Waals surface area contributed by atoms with Gasteiger partial charge in [-0.2, -0.15) is 5.10 Å². The summed E-state index contributed by atoms with van der Waals surface area (Å²) in [4.78, 5) is 24.2. The molecule has 0 aliphatic carbocycles. The molecule has 0 saturated carbocycles. The number of carbonyl (C=O) groups excluding carboxylic acids is 2. The molecule has 134 valence electrons. The van der Waals surface area contributed by atoms with E-state index in [0.717, 1.165) is 29.2 Å². The summed E-state index contributed by atoms with van der Waals surface area (Å²) in [6, 6.07) is 4.84. The lowest BCUT2D eigenvalue weighted by Gasteiger charge is -2.11. The second-order valence-electron chi connectivity index (χ2n) is 5.83. The summed E-state index contributed by atoms with van der Waals surface area (Å²) in [6.45, 7) is 10.8. The minimum Gasteiger partial charge on any atom is -0.352 e. The summed E-state index contributed by atoms with van der Waals surface area (Å²) in [5, 5.41) is 12.8. The van der Waals surface area contributed by atoms with Crippen LogP contribution in [0.25, 0.3) is 0 Å². The van der Waals surface area contributed by atoms with Gasteiger partial charge in [0.05, 0.1) is 17.1 Å². The van der Waals surface area contributed by atoms with E-state index < -0.39 is 0 Å². The van der Waals surface area contributed by atoms with Crippen LogP contribution < -0.4 is 16.0 Å². The third kappa shape index (κ3) is 4.17. The van der Waals surface area contributed by atoms with Gasteiger partial charge in [0.2, 0.25) is 0 Å². The van der Waals surface area contributed by atoms with Crippen LogP contribution in [-0.2, 0) is 6.54 Å². The Labute approximate surface area is 147 Å². The van der Waals surface area contributed by atoms with Crippen LogP contribution in [0.2, 0.25) is 0 Å². The van der Waals surface area contributed by atoms with Gasteiger partial charge in [-0.1, -0.05) is 0 Å². The maximum absolute atomic E-state index is 12.3. The Kier molecular flexibility index (Phi) is 5.80. The average molecular weight is 343 g/mol. The molecule has 3 amide bonds. The lowest BCUT2D eigenvalue weighted by Crippen LogP contribution is -2.23. The molecule has 0 fully saturated rings. The van der Waals surface area contributed by atoms with Crippen LogP contribution in [0.15, 0.2) is 18.2 Å². The van der Waals surface area contributed by atoms with Gasteiger partial charge in [0.25, 0.3) is 5.91 Å². The fourth-order valence-electron chi connectivity index (χ4n) is 2.66. The van der Waals surface area contributed by atoms with Crippen molar-refractivity contribution in [3.05, 3.63) is 40.7 Å². The van der Waals surface area contributed by atoms with E-state index in [2.05, 4.69) is 21.0 Å². The highest BCUT2D eigenvalue weighted by Crippen LogP contribution is 2.21. The van der Waals surface area contributed by atoms with Gasteiger partial charge < -0.3 is 16.0 Å². The topological polar surface area (TPSA) is 88.1 Å². The van der Waals surface area contributed by atoms with Gasteiger partial charge in [0.15, 0.2) is 0 Å².